The van der Waals surface area contributed by atoms with Crippen LogP contribution < -0.4 is 48.3 Å². The van der Waals surface area contributed by atoms with E-state index in [0.717, 1.165) is 0 Å². The highest BCUT2D eigenvalue weighted by molar-refractivity contribution is 7.80. The van der Waals surface area contributed by atoms with Crippen molar-refractivity contribution < 1.29 is 72.9 Å². The molecule has 25 nitrogen and oxygen atoms in total. The van der Waals surface area contributed by atoms with E-state index < -0.39 is 151 Å². The lowest BCUT2D eigenvalue weighted by Crippen LogP contribution is -2.60. The van der Waals surface area contributed by atoms with Crippen LogP contribution in [-0.2, 0) is 57.5 Å². The molecular weight excluding hydrogens is 913 g/mol. The number of amides is 9. The highest BCUT2D eigenvalue weighted by atomic mass is 32.1. The summed E-state index contributed by atoms with van der Waals surface area (Å²) < 4.78 is 0. The topological polar surface area (TPSA) is 391 Å². The maximum Gasteiger partial charge on any atom is 0.326 e. The van der Waals surface area contributed by atoms with E-state index in [1.54, 1.807) is 13.8 Å². The van der Waals surface area contributed by atoms with E-state index in [4.69, 9.17) is 10.8 Å². The predicted molar refractivity (Wildman–Crippen MR) is 237 cm³/mol. The van der Waals surface area contributed by atoms with Crippen LogP contribution in [0.25, 0.3) is 0 Å². The van der Waals surface area contributed by atoms with E-state index in [9.17, 15) is 67.7 Å². The van der Waals surface area contributed by atoms with Crippen molar-refractivity contribution in [3.63, 3.8) is 0 Å². The molecule has 2 aliphatic heterocycles. The SMILES string of the molecule is CC(C)C[C@H](NC(=O)[C@H](C)NC(=O)[C@@H]1CCCN1C(=O)[C@H](CS)NC(=O)[C@H](CCC(N)=O)NC(=O)[C@H](CC(=O)O)NC(=O)[C@@H]1CCCN1)C(=O)N[C@@H](CS)C(=O)N[C@@H](CCC(=O)O)C(=O)O. The lowest BCUT2D eigenvalue weighted by Gasteiger charge is -2.30. The van der Waals surface area contributed by atoms with Crippen LogP contribution in [0.1, 0.15) is 85.0 Å². The van der Waals surface area contributed by atoms with Gasteiger partial charge in [0.1, 0.15) is 48.3 Å². The van der Waals surface area contributed by atoms with E-state index in [0.29, 0.717) is 25.8 Å². The fraction of sp³-hybridized carbons (Fsp3) is 0.692. The van der Waals surface area contributed by atoms with E-state index in [2.05, 4.69) is 67.8 Å². The van der Waals surface area contributed by atoms with Gasteiger partial charge in [0, 0.05) is 30.9 Å². The molecule has 66 heavy (non-hydrogen) atoms. The van der Waals surface area contributed by atoms with Crippen LogP contribution in [-0.4, -0.2) is 170 Å². The van der Waals surface area contributed by atoms with Crippen LogP contribution in [0.15, 0.2) is 0 Å². The number of carboxylic acids is 3. The first kappa shape index (κ1) is 56.4. The Morgan fingerprint density at radius 1 is 0.621 bits per heavy atom. The van der Waals surface area contributed by atoms with Crippen molar-refractivity contribution >= 4 is 96.3 Å². The normalized spacial score (nSPS) is 18.8. The Kier molecular flexibility index (Phi) is 23.7. The molecule has 0 aromatic carbocycles. The smallest absolute Gasteiger partial charge is 0.326 e. The molecule has 0 saturated carbocycles. The standard InChI is InChI=1S/C39H62N10O15S2/c1-18(2)14-23(34(58)47-25(16-65)36(60)44-22(39(63)64)9-11-29(51)52)45-31(55)19(3)42-37(61)27-7-5-13-49(27)38(62)26(17-66)48-33(57)21(8-10-28(40)50)43-35(59)24(15-30(53)54)46-32(56)20-6-4-12-41-20/h18-27,41,65-66H,4-17H2,1-3H3,(H2,40,50)(H,42,61)(H,43,59)(H,44,60)(H,45,55)(H,46,56)(H,47,58)(H,48,57)(H,51,52)(H,53,54)(H,63,64)/t19-,20-,21-,22-,23-,24-,25-,26-,27-/m0/s1. The second-order valence-corrected chi connectivity index (χ2v) is 17.0. The Hall–Kier alpha value is -5.70. The summed E-state index contributed by atoms with van der Waals surface area (Å²) in [6.07, 6.45) is -0.934. The summed E-state index contributed by atoms with van der Waals surface area (Å²) in [5.41, 5.74) is 5.29. The van der Waals surface area contributed by atoms with Gasteiger partial charge in [-0.3, -0.25) is 52.7 Å². The number of likely N-dealkylation sites (tertiary alicyclic amines) is 1. The molecule has 0 aliphatic carbocycles. The van der Waals surface area contributed by atoms with Crippen LogP contribution in [0.3, 0.4) is 0 Å². The molecule has 370 valence electrons. The number of carboxylic acid groups (broad SMARTS) is 3. The molecule has 0 unspecified atom stereocenters. The first-order valence-electron chi connectivity index (χ1n) is 21.3. The van der Waals surface area contributed by atoms with Crippen molar-refractivity contribution in [2.75, 3.05) is 24.6 Å². The van der Waals surface area contributed by atoms with E-state index in [-0.39, 0.29) is 43.2 Å². The zero-order chi connectivity index (χ0) is 49.8. The summed E-state index contributed by atoms with van der Waals surface area (Å²) in [6, 6.07) is -11.9. The second kappa shape index (κ2) is 27.7. The highest BCUT2D eigenvalue weighted by Gasteiger charge is 2.40. The van der Waals surface area contributed by atoms with Crippen molar-refractivity contribution in [3.8, 4) is 0 Å². The molecule has 0 bridgehead atoms. The fourth-order valence-electron chi connectivity index (χ4n) is 6.99. The number of primary amides is 1. The Bertz CT molecular complexity index is 1820. The fourth-order valence-corrected chi connectivity index (χ4v) is 7.50. The average Bonchev–Trinajstić information content (AvgIpc) is 3.97. The van der Waals surface area contributed by atoms with Crippen LogP contribution in [0, 0.1) is 5.92 Å². The first-order chi connectivity index (χ1) is 31.0. The minimum atomic E-state index is -1.61. The lowest BCUT2D eigenvalue weighted by molar-refractivity contribution is -0.143. The molecular formula is C39H62N10O15S2. The molecule has 2 fully saturated rings. The summed E-state index contributed by atoms with van der Waals surface area (Å²) in [6.45, 7) is 5.41. The Labute approximate surface area is 391 Å². The van der Waals surface area contributed by atoms with Crippen molar-refractivity contribution in [1.82, 2.24) is 47.4 Å². The Morgan fingerprint density at radius 3 is 1.71 bits per heavy atom. The molecule has 13 N–H and O–H groups in total. The number of hydrogen-bond donors (Lipinski definition) is 14. The van der Waals surface area contributed by atoms with Crippen molar-refractivity contribution in [1.29, 1.82) is 0 Å². The maximum atomic E-state index is 13.9. The van der Waals surface area contributed by atoms with Crippen LogP contribution in [0.2, 0.25) is 0 Å². The molecule has 0 aromatic rings. The largest absolute Gasteiger partial charge is 0.481 e. The third kappa shape index (κ3) is 18.7. The van der Waals surface area contributed by atoms with Gasteiger partial charge in [0.05, 0.1) is 12.5 Å². The van der Waals surface area contributed by atoms with Gasteiger partial charge in [-0.25, -0.2) is 4.79 Å². The number of thiol groups is 2. The zero-order valence-electron chi connectivity index (χ0n) is 36.8. The monoisotopic (exact) mass is 974 g/mol. The molecule has 27 heteroatoms. The maximum absolute atomic E-state index is 13.9. The number of carbonyl (C=O) groups is 12. The molecule has 9 amide bonds. The van der Waals surface area contributed by atoms with Crippen LogP contribution >= 0.6 is 25.3 Å². The van der Waals surface area contributed by atoms with Crippen molar-refractivity contribution in [3.05, 3.63) is 0 Å². The second-order valence-electron chi connectivity index (χ2n) is 16.3. The third-order valence-corrected chi connectivity index (χ3v) is 11.2. The highest BCUT2D eigenvalue weighted by Crippen LogP contribution is 2.20. The molecule has 9 atom stereocenters. The average molecular weight is 975 g/mol. The first-order valence-corrected chi connectivity index (χ1v) is 22.6. The Balaban J connectivity index is 2.14. The van der Waals surface area contributed by atoms with Gasteiger partial charge in [0.25, 0.3) is 0 Å². The van der Waals surface area contributed by atoms with Gasteiger partial charge < -0.3 is 68.5 Å². The van der Waals surface area contributed by atoms with Crippen LogP contribution in [0.5, 0.6) is 0 Å². The quantitative estimate of drug-likeness (QED) is 0.0330. The van der Waals surface area contributed by atoms with Gasteiger partial charge in [0.15, 0.2) is 0 Å². The number of nitrogens with one attached hydrogen (secondary N) is 8. The summed E-state index contributed by atoms with van der Waals surface area (Å²) in [5, 5.41) is 47.5. The summed E-state index contributed by atoms with van der Waals surface area (Å²) >= 11 is 8.28. The van der Waals surface area contributed by atoms with Gasteiger partial charge in [-0.2, -0.15) is 25.3 Å². The molecule has 0 spiro atoms. The van der Waals surface area contributed by atoms with Gasteiger partial charge in [-0.15, -0.1) is 0 Å². The summed E-state index contributed by atoms with van der Waals surface area (Å²) in [7, 11) is 0. The number of nitrogens with two attached hydrogens (primary N) is 1. The predicted octanol–water partition coefficient (Wildman–Crippen LogP) is -4.26. The molecule has 0 radical (unpaired) electrons. The molecule has 2 rings (SSSR count). The summed E-state index contributed by atoms with van der Waals surface area (Å²) in [4.78, 5) is 154. The summed E-state index contributed by atoms with van der Waals surface area (Å²) in [5.74, 6) is -12.7. The van der Waals surface area contributed by atoms with E-state index in [1.165, 1.54) is 11.8 Å². The Morgan fingerprint density at radius 2 is 1.17 bits per heavy atom. The molecule has 0 aromatic heterocycles. The van der Waals surface area contributed by atoms with Crippen molar-refractivity contribution in [2.24, 2.45) is 11.7 Å². The van der Waals surface area contributed by atoms with Crippen molar-refractivity contribution in [2.45, 2.75) is 139 Å². The number of carbonyl (C=O) groups excluding carboxylic acids is 9. The van der Waals surface area contributed by atoms with Gasteiger partial charge in [-0.1, -0.05) is 13.8 Å². The minimum Gasteiger partial charge on any atom is -0.481 e. The zero-order valence-corrected chi connectivity index (χ0v) is 38.6. The van der Waals surface area contributed by atoms with Gasteiger partial charge in [0.2, 0.25) is 53.2 Å². The molecule has 2 saturated heterocycles. The van der Waals surface area contributed by atoms with Gasteiger partial charge in [-0.05, 0) is 64.3 Å². The van der Waals surface area contributed by atoms with E-state index in [1.807, 2.05) is 0 Å². The van der Waals surface area contributed by atoms with E-state index >= 15 is 0 Å². The van der Waals surface area contributed by atoms with Gasteiger partial charge >= 0.3 is 17.9 Å². The lowest BCUT2D eigenvalue weighted by atomic mass is 10.0. The minimum absolute atomic E-state index is 0.0508. The number of aliphatic carboxylic acids is 3. The molecule has 2 aliphatic rings. The number of nitrogens with zero attached hydrogens (tertiary/aromatic N) is 1. The number of rotatable bonds is 28. The molecule has 2 heterocycles. The third-order valence-electron chi connectivity index (χ3n) is 10.5. The number of hydrogen-bond acceptors (Lipinski definition) is 15. The van der Waals surface area contributed by atoms with Crippen LogP contribution in [0.4, 0.5) is 0 Å².